The van der Waals surface area contributed by atoms with Crippen molar-refractivity contribution in [2.45, 2.75) is 43.9 Å². The first kappa shape index (κ1) is 17.2. The highest BCUT2D eigenvalue weighted by Crippen LogP contribution is 2.60. The van der Waals surface area contributed by atoms with Gasteiger partial charge >= 0.3 is 10.3 Å². The predicted octanol–water partition coefficient (Wildman–Crippen LogP) is 2.95. The summed E-state index contributed by atoms with van der Waals surface area (Å²) >= 11 is 0. The van der Waals surface area contributed by atoms with Crippen LogP contribution in [-0.4, -0.2) is 13.0 Å². The third kappa shape index (κ3) is 3.05. The van der Waals surface area contributed by atoms with E-state index in [0.29, 0.717) is 11.0 Å². The number of nitrogens with one attached hydrogen (secondary N) is 1. The van der Waals surface area contributed by atoms with Crippen LogP contribution in [0.5, 0.6) is 5.75 Å². The van der Waals surface area contributed by atoms with E-state index in [1.54, 1.807) is 12.1 Å². The first-order valence-electron chi connectivity index (χ1n) is 9.29. The summed E-state index contributed by atoms with van der Waals surface area (Å²) in [5.74, 6) is 3.14. The van der Waals surface area contributed by atoms with Gasteiger partial charge in [0.05, 0.1) is 5.39 Å². The van der Waals surface area contributed by atoms with Crippen molar-refractivity contribution < 1.29 is 22.2 Å². The molecule has 4 saturated carbocycles. The zero-order valence-electron chi connectivity index (χ0n) is 14.7. The molecule has 0 radical (unpaired) electrons. The Labute approximate surface area is 156 Å². The van der Waals surface area contributed by atoms with E-state index < -0.39 is 10.3 Å². The molecule has 144 valence electrons. The van der Waals surface area contributed by atoms with Crippen LogP contribution in [0.15, 0.2) is 33.5 Å². The normalized spacial score (nSPS) is 32.1. The molecule has 7 nitrogen and oxygen atoms in total. The summed E-state index contributed by atoms with van der Waals surface area (Å²) in [6, 6.07) is 6.10. The molecule has 4 aliphatic rings. The van der Waals surface area contributed by atoms with E-state index in [4.69, 9.17) is 13.8 Å². The van der Waals surface area contributed by atoms with Crippen molar-refractivity contribution >= 4 is 21.3 Å². The van der Waals surface area contributed by atoms with Gasteiger partial charge in [0.15, 0.2) is 5.43 Å². The van der Waals surface area contributed by atoms with E-state index in [2.05, 4.69) is 0 Å². The third-order valence-corrected chi connectivity index (χ3v) is 6.82. The Morgan fingerprint density at radius 3 is 2.30 bits per heavy atom. The SMILES string of the molecule is O=c1cc(C23CC4CC(CC(C4)C2)C3)oc2ccc(ONS(=O)(=O)O)cc12. The highest BCUT2D eigenvalue weighted by Gasteiger charge is 2.53. The van der Waals surface area contributed by atoms with Crippen LogP contribution in [-0.2, 0) is 15.7 Å². The van der Waals surface area contributed by atoms with Crippen LogP contribution in [0.1, 0.15) is 44.3 Å². The number of benzene rings is 1. The summed E-state index contributed by atoms with van der Waals surface area (Å²) in [5.41, 5.74) is 0.288. The molecule has 0 atom stereocenters. The van der Waals surface area contributed by atoms with Crippen LogP contribution in [0.3, 0.4) is 0 Å². The lowest BCUT2D eigenvalue weighted by atomic mass is 9.49. The molecular formula is C19H21NO6S. The van der Waals surface area contributed by atoms with Gasteiger partial charge in [0, 0.05) is 11.5 Å². The van der Waals surface area contributed by atoms with Crippen molar-refractivity contribution in [2.75, 3.05) is 0 Å². The minimum absolute atomic E-state index is 0.0101. The van der Waals surface area contributed by atoms with Crippen molar-refractivity contribution in [1.82, 2.24) is 4.89 Å². The van der Waals surface area contributed by atoms with Crippen molar-refractivity contribution in [1.29, 1.82) is 0 Å². The molecule has 8 heteroatoms. The lowest BCUT2D eigenvalue weighted by Crippen LogP contribution is -2.48. The molecule has 1 aromatic carbocycles. The van der Waals surface area contributed by atoms with Gasteiger partial charge in [-0.3, -0.25) is 9.35 Å². The summed E-state index contributed by atoms with van der Waals surface area (Å²) in [6.07, 6.45) is 7.27. The Bertz CT molecular complexity index is 1040. The van der Waals surface area contributed by atoms with E-state index in [1.807, 2.05) is 0 Å². The van der Waals surface area contributed by atoms with Crippen molar-refractivity contribution in [2.24, 2.45) is 17.8 Å². The third-order valence-electron chi connectivity index (χ3n) is 6.52. The maximum absolute atomic E-state index is 12.7. The molecule has 6 rings (SSSR count). The summed E-state index contributed by atoms with van der Waals surface area (Å²) < 4.78 is 36.3. The standard InChI is InChI=1S/C19H21NO6S/c21-16-7-18(19-8-11-3-12(9-19)5-13(4-11)10-19)25-17-2-1-14(6-15(16)17)26-20-27(22,23)24/h1-2,6-7,11-13,20H,3-5,8-10H2,(H,22,23,24). The number of hydrogen-bond donors (Lipinski definition) is 2. The summed E-state index contributed by atoms with van der Waals surface area (Å²) in [5, 5.41) is 0.318. The zero-order chi connectivity index (χ0) is 18.8. The van der Waals surface area contributed by atoms with Crippen LogP contribution < -0.4 is 15.2 Å². The molecule has 4 fully saturated rings. The highest BCUT2D eigenvalue weighted by atomic mass is 32.2. The molecule has 2 aromatic rings. The Morgan fingerprint density at radius 1 is 1.07 bits per heavy atom. The van der Waals surface area contributed by atoms with E-state index in [9.17, 15) is 13.2 Å². The molecule has 1 heterocycles. The lowest BCUT2D eigenvalue weighted by molar-refractivity contribution is -0.0150. The van der Waals surface area contributed by atoms with Gasteiger partial charge in [-0.2, -0.15) is 8.42 Å². The Morgan fingerprint density at radius 2 is 1.70 bits per heavy atom. The molecule has 0 spiro atoms. The molecule has 0 aliphatic heterocycles. The Balaban J connectivity index is 1.51. The first-order chi connectivity index (χ1) is 12.8. The fourth-order valence-corrected chi connectivity index (χ4v) is 6.17. The summed E-state index contributed by atoms with van der Waals surface area (Å²) in [4.78, 5) is 19.1. The molecule has 0 amide bonds. The number of hydrogen-bond acceptors (Lipinski definition) is 5. The van der Waals surface area contributed by atoms with Gasteiger partial charge in [-0.15, -0.1) is 0 Å². The average Bonchev–Trinajstić information content (AvgIpc) is 2.58. The second-order valence-corrected chi connectivity index (χ2v) is 9.61. The van der Waals surface area contributed by atoms with Gasteiger partial charge < -0.3 is 9.25 Å². The molecule has 4 aliphatic carbocycles. The lowest BCUT2D eigenvalue weighted by Gasteiger charge is -2.56. The molecule has 27 heavy (non-hydrogen) atoms. The molecule has 0 saturated heterocycles. The first-order valence-corrected chi connectivity index (χ1v) is 10.7. The topological polar surface area (TPSA) is 106 Å². The average molecular weight is 391 g/mol. The quantitative estimate of drug-likeness (QED) is 0.613. The molecule has 2 N–H and O–H groups in total. The second kappa shape index (κ2) is 5.80. The van der Waals surface area contributed by atoms with Crippen LogP contribution >= 0.6 is 0 Å². The van der Waals surface area contributed by atoms with Gasteiger partial charge in [-0.25, -0.2) is 0 Å². The van der Waals surface area contributed by atoms with Crippen molar-refractivity contribution in [3.8, 4) is 5.75 Å². The van der Waals surface area contributed by atoms with Crippen LogP contribution in [0.2, 0.25) is 0 Å². The zero-order valence-corrected chi connectivity index (χ0v) is 15.5. The Hall–Kier alpha value is -1.90. The maximum atomic E-state index is 12.7. The minimum atomic E-state index is -4.49. The van der Waals surface area contributed by atoms with Gasteiger partial charge in [-0.1, -0.05) is 0 Å². The van der Waals surface area contributed by atoms with E-state index in [1.165, 1.54) is 36.3 Å². The van der Waals surface area contributed by atoms with E-state index in [0.717, 1.165) is 42.8 Å². The minimum Gasteiger partial charge on any atom is -0.460 e. The molecule has 4 bridgehead atoms. The maximum Gasteiger partial charge on any atom is 0.364 e. The largest absolute Gasteiger partial charge is 0.460 e. The monoisotopic (exact) mass is 391 g/mol. The van der Waals surface area contributed by atoms with Crippen molar-refractivity contribution in [3.05, 3.63) is 40.2 Å². The van der Waals surface area contributed by atoms with Gasteiger partial charge in [0.1, 0.15) is 17.1 Å². The van der Waals surface area contributed by atoms with Crippen LogP contribution in [0.25, 0.3) is 11.0 Å². The second-order valence-electron chi connectivity index (χ2n) is 8.49. The molecule has 1 aromatic heterocycles. The van der Waals surface area contributed by atoms with E-state index >= 15 is 0 Å². The predicted molar refractivity (Wildman–Crippen MR) is 97.6 cm³/mol. The highest BCUT2D eigenvalue weighted by molar-refractivity contribution is 7.83. The van der Waals surface area contributed by atoms with Gasteiger partial charge in [0.2, 0.25) is 0 Å². The van der Waals surface area contributed by atoms with Gasteiger partial charge in [-0.05, 0) is 79.4 Å². The summed E-state index contributed by atoms with van der Waals surface area (Å²) in [6.45, 7) is 0. The number of fused-ring (bicyclic) bond motifs is 1. The Kier molecular flexibility index (Phi) is 3.70. The van der Waals surface area contributed by atoms with Gasteiger partial charge in [0.25, 0.3) is 0 Å². The van der Waals surface area contributed by atoms with E-state index in [-0.39, 0.29) is 16.6 Å². The van der Waals surface area contributed by atoms with Crippen LogP contribution in [0, 0.1) is 17.8 Å². The fourth-order valence-electron chi connectivity index (χ4n) is 5.97. The summed E-state index contributed by atoms with van der Waals surface area (Å²) in [7, 11) is -4.49. The van der Waals surface area contributed by atoms with Crippen molar-refractivity contribution in [3.63, 3.8) is 0 Å². The smallest absolute Gasteiger partial charge is 0.364 e. The molecule has 0 unspecified atom stereocenters. The molecular weight excluding hydrogens is 370 g/mol. The fraction of sp³-hybridized carbons (Fsp3) is 0.526. The van der Waals surface area contributed by atoms with Crippen LogP contribution in [0.4, 0.5) is 0 Å². The number of rotatable bonds is 4.